The number of aliphatic hydroxyl groups is 3. The topological polar surface area (TPSA) is 243 Å². The highest BCUT2D eigenvalue weighted by molar-refractivity contribution is 5.84. The van der Waals surface area contributed by atoms with Gasteiger partial charge in [0.05, 0.1) is 29.3 Å². The zero-order valence-corrected chi connectivity index (χ0v) is 30.7. The van der Waals surface area contributed by atoms with Gasteiger partial charge >= 0.3 is 29.8 Å². The van der Waals surface area contributed by atoms with E-state index in [9.17, 15) is 39.3 Å². The molecule has 5 saturated carbocycles. The van der Waals surface area contributed by atoms with Crippen molar-refractivity contribution in [2.24, 2.45) is 57.5 Å². The van der Waals surface area contributed by atoms with Gasteiger partial charge in [-0.25, -0.2) is 4.79 Å². The number of fused-ring (bicyclic) bond motifs is 9. The van der Waals surface area contributed by atoms with E-state index in [1.807, 2.05) is 13.8 Å². The predicted octanol–water partition coefficient (Wildman–Crippen LogP) is -0.503. The van der Waals surface area contributed by atoms with Gasteiger partial charge in [0.25, 0.3) is 0 Å². The van der Waals surface area contributed by atoms with E-state index in [0.717, 1.165) is 0 Å². The van der Waals surface area contributed by atoms with Crippen LogP contribution in [0.2, 0.25) is 0 Å². The maximum Gasteiger partial charge on any atom is 0.341 e. The van der Waals surface area contributed by atoms with Gasteiger partial charge in [-0.2, -0.15) is 0 Å². The van der Waals surface area contributed by atoms with Crippen molar-refractivity contribution in [2.45, 2.75) is 141 Å². The van der Waals surface area contributed by atoms with E-state index < -0.39 is 153 Å². The summed E-state index contributed by atoms with van der Waals surface area (Å²) in [5, 5.41) is 37.1. The Bertz CT molecular complexity index is 1670. The SMILES string of the molecule is CC(=O)O[C@H]1[C@@H]2[C@H]([C@H](C)[C@H]3O[C@]34OC(=O)[C@@](C)(O)[C@]24C)[C@]2(C)[C@@H]1C1C([C@H](OC(C)=O)[C@@H]2OC(C)=O)[C@@]2(C)[C@@H](O)[C@H]3O[C@H]3C[C@]2(O)[C@H](N)[C@@H]1OC(C)=O. The van der Waals surface area contributed by atoms with Crippen molar-refractivity contribution in [3.63, 3.8) is 0 Å². The third-order valence-corrected chi connectivity index (χ3v) is 15.5. The molecule has 1 spiro atoms. The van der Waals surface area contributed by atoms with E-state index >= 15 is 0 Å². The number of hydrogen-bond acceptors (Lipinski definition) is 16. The Labute approximate surface area is 300 Å². The average molecular weight is 736 g/mol. The molecule has 0 radical (unpaired) electrons. The molecule has 3 heterocycles. The highest BCUT2D eigenvalue weighted by Gasteiger charge is 2.94. The zero-order valence-electron chi connectivity index (χ0n) is 30.7. The molecular formula is C36H49NO15. The maximum absolute atomic E-state index is 13.5. The summed E-state index contributed by atoms with van der Waals surface area (Å²) in [4.78, 5) is 66.2. The third-order valence-electron chi connectivity index (χ3n) is 15.5. The molecule has 8 aliphatic rings. The summed E-state index contributed by atoms with van der Waals surface area (Å²) >= 11 is 0. The van der Waals surface area contributed by atoms with Gasteiger partial charge in [-0.05, 0) is 25.7 Å². The molecule has 0 bridgehead atoms. The van der Waals surface area contributed by atoms with Crippen molar-refractivity contribution in [1.29, 1.82) is 0 Å². The molecule has 0 aromatic rings. The molecule has 288 valence electrons. The summed E-state index contributed by atoms with van der Waals surface area (Å²) in [6, 6.07) is -1.34. The van der Waals surface area contributed by atoms with Crippen LogP contribution in [0.4, 0.5) is 0 Å². The van der Waals surface area contributed by atoms with E-state index in [4.69, 9.17) is 38.9 Å². The van der Waals surface area contributed by atoms with Crippen molar-refractivity contribution in [3.8, 4) is 0 Å². The highest BCUT2D eigenvalue weighted by Crippen LogP contribution is 2.81. The van der Waals surface area contributed by atoms with Crippen LogP contribution < -0.4 is 5.73 Å². The lowest BCUT2D eigenvalue weighted by Crippen LogP contribution is -2.82. The van der Waals surface area contributed by atoms with Crippen LogP contribution in [-0.2, 0) is 57.1 Å². The average Bonchev–Trinajstić information content (AvgIpc) is 3.92. The Kier molecular flexibility index (Phi) is 7.25. The molecule has 5 N–H and O–H groups in total. The summed E-state index contributed by atoms with van der Waals surface area (Å²) in [5.74, 6) is -10.7. The number of carbonyl (C=O) groups is 5. The number of rotatable bonds is 4. The summed E-state index contributed by atoms with van der Waals surface area (Å²) in [6.07, 6.45) is -8.64. The Morgan fingerprint density at radius 1 is 0.808 bits per heavy atom. The Balaban J connectivity index is 1.45. The first-order chi connectivity index (χ1) is 24.0. The van der Waals surface area contributed by atoms with Gasteiger partial charge in [-0.15, -0.1) is 0 Å². The van der Waals surface area contributed by atoms with Gasteiger partial charge in [0.1, 0.15) is 36.6 Å². The van der Waals surface area contributed by atoms with Crippen molar-refractivity contribution in [2.75, 3.05) is 0 Å². The van der Waals surface area contributed by atoms with E-state index in [1.54, 1.807) is 13.8 Å². The van der Waals surface area contributed by atoms with Gasteiger partial charge in [-0.3, -0.25) is 19.2 Å². The van der Waals surface area contributed by atoms with Crippen molar-refractivity contribution < 1.29 is 72.5 Å². The number of ether oxygens (including phenoxy) is 7. The highest BCUT2D eigenvalue weighted by atomic mass is 16.8. The van der Waals surface area contributed by atoms with Gasteiger partial charge in [0, 0.05) is 68.6 Å². The summed E-state index contributed by atoms with van der Waals surface area (Å²) in [6.45, 7) is 13.1. The van der Waals surface area contributed by atoms with Crippen LogP contribution >= 0.6 is 0 Å². The standard InChI is InChI=1S/C36H49NO15/c1-11-18-21(33(8)34(9,44)30(43)52-36(33)28(11)51-36)24(47-13(3)39)19-17-20(25(48-14(4)40)29(31(18,19)6)49-15(5)41)32(7)27(42)22-16(50-22)10-35(32,45)26(37)23(17)46-12(2)38/h11,16-29,42,44-45H,10,37H2,1-9H3/t11-,16-,17?,18-,19+,20?,21-,22-,23+,24+,25-,26+,27-,28+,29-,31+,32-,33-,34+,35-,36-/m0/s1. The summed E-state index contributed by atoms with van der Waals surface area (Å²) in [7, 11) is 0. The first-order valence-corrected chi connectivity index (χ1v) is 18.1. The molecule has 8 rings (SSSR count). The third kappa shape index (κ3) is 3.86. The van der Waals surface area contributed by atoms with Crippen LogP contribution in [0.3, 0.4) is 0 Å². The van der Waals surface area contributed by atoms with E-state index in [2.05, 4.69) is 0 Å². The fourth-order valence-electron chi connectivity index (χ4n) is 13.5. The van der Waals surface area contributed by atoms with Gasteiger partial charge in [0.2, 0.25) is 5.79 Å². The smallest absolute Gasteiger partial charge is 0.341 e. The van der Waals surface area contributed by atoms with E-state index in [1.165, 1.54) is 34.6 Å². The second-order valence-corrected chi connectivity index (χ2v) is 17.5. The van der Waals surface area contributed by atoms with Crippen molar-refractivity contribution in [3.05, 3.63) is 0 Å². The number of hydrogen-bond donors (Lipinski definition) is 4. The minimum Gasteiger partial charge on any atom is -0.462 e. The molecule has 16 nitrogen and oxygen atoms in total. The quantitative estimate of drug-likeness (QED) is 0.162. The van der Waals surface area contributed by atoms with Gasteiger partial charge in [0.15, 0.2) is 5.60 Å². The van der Waals surface area contributed by atoms with Crippen LogP contribution in [0, 0.1) is 51.8 Å². The number of carbonyl (C=O) groups excluding carboxylic acids is 5. The maximum atomic E-state index is 13.5. The number of aliphatic hydroxyl groups excluding tert-OH is 1. The zero-order chi connectivity index (χ0) is 38.2. The van der Waals surface area contributed by atoms with Gasteiger partial charge < -0.3 is 54.2 Å². The lowest BCUT2D eigenvalue weighted by atomic mass is 9.39. The number of nitrogens with two attached hydrogens (primary N) is 1. The first-order valence-electron chi connectivity index (χ1n) is 18.1. The summed E-state index contributed by atoms with van der Waals surface area (Å²) in [5.41, 5.74) is -1.68. The lowest BCUT2D eigenvalue weighted by molar-refractivity contribution is -0.319. The van der Waals surface area contributed by atoms with Crippen LogP contribution in [0.15, 0.2) is 0 Å². The minimum atomic E-state index is -2.17. The predicted molar refractivity (Wildman–Crippen MR) is 170 cm³/mol. The Hall–Kier alpha value is -2.89. The molecule has 2 unspecified atom stereocenters. The van der Waals surface area contributed by atoms with Crippen LogP contribution in [-0.4, -0.2) is 117 Å². The fourth-order valence-corrected chi connectivity index (χ4v) is 13.5. The molecule has 21 atom stereocenters. The molecule has 0 aromatic heterocycles. The molecule has 5 aliphatic carbocycles. The summed E-state index contributed by atoms with van der Waals surface area (Å²) < 4.78 is 42.8. The van der Waals surface area contributed by atoms with Gasteiger partial charge in [-0.1, -0.05) is 20.8 Å². The molecule has 16 heteroatoms. The molecule has 3 saturated heterocycles. The largest absolute Gasteiger partial charge is 0.462 e. The minimum absolute atomic E-state index is 0.0437. The van der Waals surface area contributed by atoms with Crippen LogP contribution in [0.25, 0.3) is 0 Å². The van der Waals surface area contributed by atoms with E-state index in [0.29, 0.717) is 0 Å². The first kappa shape index (κ1) is 36.1. The second-order valence-electron chi connectivity index (χ2n) is 17.5. The molecule has 8 fully saturated rings. The lowest BCUT2D eigenvalue weighted by Gasteiger charge is -2.69. The number of epoxide rings is 2. The molecular weight excluding hydrogens is 686 g/mol. The van der Waals surface area contributed by atoms with Crippen LogP contribution in [0.1, 0.15) is 68.7 Å². The normalized spacial score (nSPS) is 58.6. The van der Waals surface area contributed by atoms with Crippen LogP contribution in [0.5, 0.6) is 0 Å². The molecule has 0 aromatic carbocycles. The van der Waals surface area contributed by atoms with Crippen molar-refractivity contribution in [1.82, 2.24) is 0 Å². The Morgan fingerprint density at radius 2 is 1.37 bits per heavy atom. The second kappa shape index (κ2) is 10.4. The fraction of sp³-hybridized carbons (Fsp3) is 0.861. The number of esters is 5. The Morgan fingerprint density at radius 3 is 1.94 bits per heavy atom. The molecule has 3 aliphatic heterocycles. The van der Waals surface area contributed by atoms with Crippen molar-refractivity contribution >= 4 is 29.8 Å². The molecule has 0 amide bonds. The monoisotopic (exact) mass is 735 g/mol. The van der Waals surface area contributed by atoms with E-state index in [-0.39, 0.29) is 6.42 Å². The molecule has 52 heavy (non-hydrogen) atoms.